The molecule has 0 spiro atoms. The van der Waals surface area contributed by atoms with E-state index in [1.807, 2.05) is 0 Å². The van der Waals surface area contributed by atoms with Crippen molar-refractivity contribution in [3.8, 4) is 0 Å². The lowest BCUT2D eigenvalue weighted by Gasteiger charge is -2.35. The molecule has 1 N–H and O–H groups in total. The molecule has 0 radical (unpaired) electrons. The second kappa shape index (κ2) is 7.83. The molecule has 2 heterocycles. The zero-order valence-corrected chi connectivity index (χ0v) is 19.8. The van der Waals surface area contributed by atoms with Crippen molar-refractivity contribution < 1.29 is 0 Å². The Morgan fingerprint density at radius 3 is 2.47 bits per heavy atom. The first-order valence-electron chi connectivity index (χ1n) is 11.5. The molecule has 1 aliphatic heterocycles. The van der Waals surface area contributed by atoms with Gasteiger partial charge < -0.3 is 14.8 Å². The minimum atomic E-state index is -0.0808. The Kier molecular flexibility index (Phi) is 5.10. The summed E-state index contributed by atoms with van der Waals surface area (Å²) in [6.07, 6.45) is 0. The summed E-state index contributed by atoms with van der Waals surface area (Å²) in [5.41, 5.74) is 9.35. The van der Waals surface area contributed by atoms with Gasteiger partial charge in [-0.2, -0.15) is 0 Å². The van der Waals surface area contributed by atoms with Crippen molar-refractivity contribution in [3.05, 3.63) is 101 Å². The minimum Gasteiger partial charge on any atom is -0.377 e. The lowest BCUT2D eigenvalue weighted by Crippen LogP contribution is -2.32. The van der Waals surface area contributed by atoms with E-state index in [1.54, 1.807) is 0 Å². The number of nitrogens with one attached hydrogen (secondary N) is 1. The van der Waals surface area contributed by atoms with Gasteiger partial charge in [-0.3, -0.25) is 0 Å². The molecule has 0 aliphatic carbocycles. The average Bonchev–Trinajstić information content (AvgIpc) is 3.22. The standard InChI is InChI=1S/C29H33N3/c1-29(2,25-11-7-9-13-28(25)31(3)4)22-14-15-23-21(16-22)18-32(5)19-24(23)27-17-20-10-6-8-12-26(20)30-27/h6-17,24,30H,18-19H2,1-5H3. The molecule has 3 aromatic carbocycles. The van der Waals surface area contributed by atoms with Gasteiger partial charge in [0.1, 0.15) is 0 Å². The van der Waals surface area contributed by atoms with Gasteiger partial charge >= 0.3 is 0 Å². The second-order valence-corrected chi connectivity index (χ2v) is 10.0. The summed E-state index contributed by atoms with van der Waals surface area (Å²) in [5.74, 6) is 0.363. The Hall–Kier alpha value is -3.04. The average molecular weight is 424 g/mol. The van der Waals surface area contributed by atoms with Crippen LogP contribution in [-0.2, 0) is 12.0 Å². The molecule has 32 heavy (non-hydrogen) atoms. The number of aromatic nitrogens is 1. The molecule has 1 atom stereocenters. The Labute approximate surface area is 191 Å². The van der Waals surface area contributed by atoms with Crippen LogP contribution < -0.4 is 4.90 Å². The quantitative estimate of drug-likeness (QED) is 0.426. The first kappa shape index (κ1) is 20.8. The maximum atomic E-state index is 3.69. The largest absolute Gasteiger partial charge is 0.377 e. The molecule has 0 saturated carbocycles. The van der Waals surface area contributed by atoms with Crippen LogP contribution in [0.3, 0.4) is 0 Å². The molecule has 3 nitrogen and oxygen atoms in total. The lowest BCUT2D eigenvalue weighted by atomic mass is 9.75. The molecular weight excluding hydrogens is 390 g/mol. The summed E-state index contributed by atoms with van der Waals surface area (Å²) in [7, 11) is 6.49. The van der Waals surface area contributed by atoms with Gasteiger partial charge in [0.25, 0.3) is 0 Å². The third kappa shape index (κ3) is 3.51. The molecular formula is C29H33N3. The summed E-state index contributed by atoms with van der Waals surface area (Å²) < 4.78 is 0. The third-order valence-electron chi connectivity index (χ3n) is 7.16. The van der Waals surface area contributed by atoms with Gasteiger partial charge in [-0.1, -0.05) is 68.4 Å². The van der Waals surface area contributed by atoms with Gasteiger partial charge in [-0.25, -0.2) is 0 Å². The summed E-state index contributed by atoms with van der Waals surface area (Å²) in [6, 6.07) is 26.9. The van der Waals surface area contributed by atoms with Crippen molar-refractivity contribution >= 4 is 16.6 Å². The third-order valence-corrected chi connectivity index (χ3v) is 7.16. The number of rotatable bonds is 4. The first-order valence-corrected chi connectivity index (χ1v) is 11.5. The van der Waals surface area contributed by atoms with E-state index in [0.717, 1.165) is 13.1 Å². The normalized spacial score (nSPS) is 16.8. The predicted molar refractivity (Wildman–Crippen MR) is 136 cm³/mol. The van der Waals surface area contributed by atoms with Crippen LogP contribution in [0.1, 0.15) is 47.7 Å². The van der Waals surface area contributed by atoms with Crippen LogP contribution in [-0.4, -0.2) is 37.6 Å². The minimum absolute atomic E-state index is 0.0808. The summed E-state index contributed by atoms with van der Waals surface area (Å²) in [5, 5.41) is 1.29. The van der Waals surface area contributed by atoms with Crippen LogP contribution >= 0.6 is 0 Å². The number of hydrogen-bond donors (Lipinski definition) is 1. The number of aromatic amines is 1. The number of anilines is 1. The van der Waals surface area contributed by atoms with E-state index in [-0.39, 0.29) is 5.41 Å². The van der Waals surface area contributed by atoms with E-state index in [1.165, 1.54) is 44.5 Å². The van der Waals surface area contributed by atoms with Crippen LogP contribution in [0.2, 0.25) is 0 Å². The van der Waals surface area contributed by atoms with Crippen LogP contribution in [0, 0.1) is 0 Å². The topological polar surface area (TPSA) is 22.3 Å². The summed E-state index contributed by atoms with van der Waals surface area (Å²) in [4.78, 5) is 8.35. The number of likely N-dealkylation sites (N-methyl/N-ethyl adjacent to an activating group) is 1. The molecule has 4 aromatic rings. The number of H-pyrrole nitrogens is 1. The molecule has 164 valence electrons. The van der Waals surface area contributed by atoms with Crippen LogP contribution in [0.25, 0.3) is 10.9 Å². The van der Waals surface area contributed by atoms with E-state index >= 15 is 0 Å². The highest BCUT2D eigenvalue weighted by atomic mass is 15.1. The van der Waals surface area contributed by atoms with Crippen LogP contribution in [0.4, 0.5) is 5.69 Å². The molecule has 0 bridgehead atoms. The fourth-order valence-electron chi connectivity index (χ4n) is 5.33. The van der Waals surface area contributed by atoms with Crippen molar-refractivity contribution in [2.24, 2.45) is 0 Å². The van der Waals surface area contributed by atoms with Crippen molar-refractivity contribution in [2.45, 2.75) is 31.7 Å². The number of fused-ring (bicyclic) bond motifs is 2. The maximum Gasteiger partial charge on any atom is 0.0456 e. The molecule has 0 amide bonds. The highest BCUT2D eigenvalue weighted by molar-refractivity contribution is 5.80. The highest BCUT2D eigenvalue weighted by Gasteiger charge is 2.30. The van der Waals surface area contributed by atoms with Gasteiger partial charge in [-0.05, 0) is 52.9 Å². The van der Waals surface area contributed by atoms with Gasteiger partial charge in [-0.15, -0.1) is 0 Å². The maximum absolute atomic E-state index is 3.69. The van der Waals surface area contributed by atoms with Gasteiger partial charge in [0.15, 0.2) is 0 Å². The van der Waals surface area contributed by atoms with Crippen LogP contribution in [0.15, 0.2) is 72.8 Å². The van der Waals surface area contributed by atoms with Crippen molar-refractivity contribution in [1.29, 1.82) is 0 Å². The van der Waals surface area contributed by atoms with E-state index in [4.69, 9.17) is 0 Å². The Bertz CT molecular complexity index is 1230. The lowest BCUT2D eigenvalue weighted by molar-refractivity contribution is 0.293. The van der Waals surface area contributed by atoms with Gasteiger partial charge in [0.2, 0.25) is 0 Å². The Balaban J connectivity index is 1.57. The van der Waals surface area contributed by atoms with Crippen molar-refractivity contribution in [2.75, 3.05) is 32.6 Å². The molecule has 5 rings (SSSR count). The predicted octanol–water partition coefficient (Wildman–Crippen LogP) is 6.14. The fourth-order valence-corrected chi connectivity index (χ4v) is 5.33. The highest BCUT2D eigenvalue weighted by Crippen LogP contribution is 2.40. The number of para-hydroxylation sites is 2. The zero-order valence-electron chi connectivity index (χ0n) is 19.8. The van der Waals surface area contributed by atoms with Crippen LogP contribution in [0.5, 0.6) is 0 Å². The fraction of sp³-hybridized carbons (Fsp3) is 0.310. The van der Waals surface area contributed by atoms with Crippen molar-refractivity contribution in [1.82, 2.24) is 9.88 Å². The molecule has 3 heteroatoms. The van der Waals surface area contributed by atoms with Gasteiger partial charge in [0.05, 0.1) is 0 Å². The summed E-state index contributed by atoms with van der Waals surface area (Å²) in [6.45, 7) is 6.72. The van der Waals surface area contributed by atoms with E-state index in [2.05, 4.69) is 123 Å². The van der Waals surface area contributed by atoms with E-state index < -0.39 is 0 Å². The Morgan fingerprint density at radius 1 is 0.938 bits per heavy atom. The summed E-state index contributed by atoms with van der Waals surface area (Å²) >= 11 is 0. The molecule has 0 fully saturated rings. The number of hydrogen-bond acceptors (Lipinski definition) is 2. The van der Waals surface area contributed by atoms with E-state index in [9.17, 15) is 0 Å². The van der Waals surface area contributed by atoms with E-state index in [0.29, 0.717) is 5.92 Å². The molecule has 1 aliphatic rings. The second-order valence-electron chi connectivity index (χ2n) is 10.0. The first-order chi connectivity index (χ1) is 15.3. The SMILES string of the molecule is CN1Cc2cc(C(C)(C)c3ccccc3N(C)C)ccc2C(c2cc3ccccc3[nH]2)C1. The van der Waals surface area contributed by atoms with Crippen molar-refractivity contribution in [3.63, 3.8) is 0 Å². The molecule has 0 saturated heterocycles. The number of benzene rings is 3. The molecule has 1 unspecified atom stereocenters. The monoisotopic (exact) mass is 423 g/mol. The Morgan fingerprint density at radius 2 is 1.69 bits per heavy atom. The zero-order chi connectivity index (χ0) is 22.5. The smallest absolute Gasteiger partial charge is 0.0456 e. The van der Waals surface area contributed by atoms with Gasteiger partial charge in [0, 0.05) is 55.4 Å². The molecule has 1 aromatic heterocycles. The number of nitrogens with zero attached hydrogens (tertiary/aromatic N) is 2.